The van der Waals surface area contributed by atoms with Crippen molar-refractivity contribution in [2.45, 2.75) is 57.9 Å². The van der Waals surface area contributed by atoms with Crippen molar-refractivity contribution in [3.05, 3.63) is 106 Å². The average Bonchev–Trinajstić information content (AvgIpc) is 3.59. The summed E-state index contributed by atoms with van der Waals surface area (Å²) in [5.74, 6) is -0.615. The van der Waals surface area contributed by atoms with Gasteiger partial charge in [0, 0.05) is 29.3 Å². The number of aromatic nitrogens is 1. The van der Waals surface area contributed by atoms with Crippen LogP contribution in [0.3, 0.4) is 0 Å². The van der Waals surface area contributed by atoms with Crippen LogP contribution in [0.4, 0.5) is 5.69 Å². The molecular weight excluding hydrogens is 721 g/mol. The fraction of sp³-hybridized carbons (Fsp3) is 0.308. The highest BCUT2D eigenvalue weighted by atomic mass is 32.2. The molecule has 7 rings (SSSR count). The Balaban J connectivity index is 1.33. The Labute approximate surface area is 307 Å². The number of rotatable bonds is 10. The van der Waals surface area contributed by atoms with Crippen molar-refractivity contribution in [2.24, 2.45) is 5.41 Å². The SMILES string of the molecule is CC1=C(C=C2Sc3ccc4ccccc4c3N2CCCS(=O)(=O)O)CC(C)(C)CC1=Cc1sc2ccc3ccccc3c2[n+]1CCCS(=O)(=O)O. The van der Waals surface area contributed by atoms with Gasteiger partial charge in [0.15, 0.2) is 6.54 Å². The van der Waals surface area contributed by atoms with Gasteiger partial charge in [0.2, 0.25) is 5.52 Å². The van der Waals surface area contributed by atoms with Crippen molar-refractivity contribution in [2.75, 3.05) is 23.0 Å². The van der Waals surface area contributed by atoms with Gasteiger partial charge in [0.05, 0.1) is 27.6 Å². The molecule has 0 atom stereocenters. The van der Waals surface area contributed by atoms with Gasteiger partial charge >= 0.3 is 0 Å². The van der Waals surface area contributed by atoms with Gasteiger partial charge in [-0.05, 0) is 83.4 Å². The molecule has 2 heterocycles. The van der Waals surface area contributed by atoms with E-state index >= 15 is 0 Å². The molecule has 0 unspecified atom stereocenters. The summed E-state index contributed by atoms with van der Waals surface area (Å²) in [5.41, 5.74) is 5.69. The lowest BCUT2D eigenvalue weighted by Gasteiger charge is -2.34. The molecule has 266 valence electrons. The molecular formula is C39H41N2O6S4+. The second kappa shape index (κ2) is 13.8. The van der Waals surface area contributed by atoms with E-state index in [9.17, 15) is 25.9 Å². The van der Waals surface area contributed by atoms with Crippen LogP contribution in [-0.2, 0) is 26.8 Å². The van der Waals surface area contributed by atoms with E-state index in [1.54, 1.807) is 23.1 Å². The van der Waals surface area contributed by atoms with Gasteiger partial charge in [-0.15, -0.1) is 0 Å². The molecule has 2 aliphatic rings. The topological polar surface area (TPSA) is 116 Å². The van der Waals surface area contributed by atoms with Gasteiger partial charge in [0.25, 0.3) is 25.2 Å². The van der Waals surface area contributed by atoms with Crippen LogP contribution >= 0.6 is 23.1 Å². The number of allylic oxidation sites excluding steroid dienone is 4. The molecule has 0 bridgehead atoms. The fourth-order valence-corrected chi connectivity index (χ4v) is 10.7. The Hall–Kier alpha value is -3.52. The average molecular weight is 762 g/mol. The second-order valence-electron chi connectivity index (χ2n) is 14.2. The lowest BCUT2D eigenvalue weighted by atomic mass is 9.72. The van der Waals surface area contributed by atoms with Gasteiger partial charge in [-0.2, -0.15) is 21.4 Å². The predicted octanol–water partition coefficient (Wildman–Crippen LogP) is 9.02. The summed E-state index contributed by atoms with van der Waals surface area (Å²) in [6.45, 7) is 7.61. The molecule has 0 spiro atoms. The zero-order valence-corrected chi connectivity index (χ0v) is 32.1. The largest absolute Gasteiger partial charge is 0.334 e. The molecule has 8 nitrogen and oxygen atoms in total. The van der Waals surface area contributed by atoms with Crippen LogP contribution in [0, 0.1) is 5.41 Å². The predicted molar refractivity (Wildman–Crippen MR) is 211 cm³/mol. The minimum Gasteiger partial charge on any atom is -0.334 e. The van der Waals surface area contributed by atoms with E-state index in [2.05, 4.69) is 90.9 Å². The maximum absolute atomic E-state index is 11.7. The van der Waals surface area contributed by atoms with Gasteiger partial charge in [0.1, 0.15) is 4.70 Å². The highest BCUT2D eigenvalue weighted by Gasteiger charge is 2.33. The van der Waals surface area contributed by atoms with E-state index in [0.29, 0.717) is 13.1 Å². The highest BCUT2D eigenvalue weighted by molar-refractivity contribution is 8.03. The van der Waals surface area contributed by atoms with Gasteiger partial charge < -0.3 is 4.90 Å². The summed E-state index contributed by atoms with van der Waals surface area (Å²) in [5, 5.41) is 6.47. The fourth-order valence-electron chi connectivity index (χ4n) is 7.40. The lowest BCUT2D eigenvalue weighted by Crippen LogP contribution is -2.36. The van der Waals surface area contributed by atoms with E-state index < -0.39 is 20.2 Å². The first-order valence-corrected chi connectivity index (χ1v) is 21.8. The summed E-state index contributed by atoms with van der Waals surface area (Å²) in [6, 6.07) is 24.9. The third-order valence-electron chi connectivity index (χ3n) is 9.69. The molecule has 1 aliphatic heterocycles. The van der Waals surface area contributed by atoms with Crippen molar-refractivity contribution < 1.29 is 30.5 Å². The van der Waals surface area contributed by atoms with E-state index in [1.165, 1.54) is 16.7 Å². The van der Waals surface area contributed by atoms with E-state index in [1.807, 2.05) is 24.3 Å². The third kappa shape index (κ3) is 7.81. The Kier molecular flexibility index (Phi) is 9.70. The van der Waals surface area contributed by atoms with E-state index in [0.717, 1.165) is 65.2 Å². The molecule has 0 amide bonds. The first kappa shape index (κ1) is 35.9. The minimum absolute atomic E-state index is 0.0461. The van der Waals surface area contributed by atoms with E-state index in [-0.39, 0.29) is 29.8 Å². The van der Waals surface area contributed by atoms with Crippen LogP contribution in [0.25, 0.3) is 37.8 Å². The maximum Gasteiger partial charge on any atom is 0.265 e. The van der Waals surface area contributed by atoms with Crippen LogP contribution < -0.4 is 9.47 Å². The summed E-state index contributed by atoms with van der Waals surface area (Å²) in [6.07, 6.45) is 6.81. The maximum atomic E-state index is 11.7. The number of aryl methyl sites for hydroxylation is 1. The molecule has 0 fully saturated rings. The first-order chi connectivity index (χ1) is 24.2. The Morgan fingerprint density at radius 2 is 1.47 bits per heavy atom. The first-order valence-electron chi connectivity index (χ1n) is 17.0. The monoisotopic (exact) mass is 761 g/mol. The number of hydrogen-bond donors (Lipinski definition) is 2. The lowest BCUT2D eigenvalue weighted by molar-refractivity contribution is -0.667. The number of thioether (sulfide) groups is 1. The number of anilines is 1. The molecule has 1 aromatic heterocycles. The van der Waals surface area contributed by atoms with Crippen molar-refractivity contribution in [1.29, 1.82) is 0 Å². The zero-order valence-electron chi connectivity index (χ0n) is 28.8. The summed E-state index contributed by atoms with van der Waals surface area (Å²) in [7, 11) is -8.19. The molecule has 2 N–H and O–H groups in total. The molecule has 51 heavy (non-hydrogen) atoms. The standard InChI is InChI=1S/C39H40N2O6S4/c1-26-29(22-35-40(18-8-20-50(42,43)44)37-31-12-6-4-10-27(31)14-16-33(37)48-35)24-39(2,3)25-30(26)23-36-41(19-9-21-51(45,46)47)38-32-13-7-5-11-28(32)15-17-34(38)49-36/h4-7,10-17,22-23H,8-9,18-21,24-25H2,1-3H3,(H-,42,43,44,45,46,47)/p+1. The van der Waals surface area contributed by atoms with Crippen molar-refractivity contribution in [3.8, 4) is 0 Å². The Bertz CT molecular complexity index is 2510. The quantitative estimate of drug-likeness (QED) is 0.107. The molecule has 4 aromatic carbocycles. The number of thiazole rings is 1. The number of fused-ring (bicyclic) bond motifs is 6. The van der Waals surface area contributed by atoms with Crippen molar-refractivity contribution in [1.82, 2.24) is 0 Å². The number of hydrogen-bond acceptors (Lipinski definition) is 7. The summed E-state index contributed by atoms with van der Waals surface area (Å²) >= 11 is 3.37. The molecule has 0 saturated carbocycles. The van der Waals surface area contributed by atoms with Crippen LogP contribution in [-0.4, -0.2) is 44.0 Å². The van der Waals surface area contributed by atoms with Gasteiger partial charge in [-0.1, -0.05) is 91.5 Å². The zero-order chi connectivity index (χ0) is 36.1. The van der Waals surface area contributed by atoms with Crippen LogP contribution in [0.2, 0.25) is 0 Å². The Morgan fingerprint density at radius 3 is 2.20 bits per heavy atom. The molecule has 1 aliphatic carbocycles. The summed E-state index contributed by atoms with van der Waals surface area (Å²) in [4.78, 5) is 3.32. The van der Waals surface area contributed by atoms with Crippen LogP contribution in [0.5, 0.6) is 0 Å². The number of benzene rings is 4. The van der Waals surface area contributed by atoms with Crippen LogP contribution in [0.1, 0.15) is 51.5 Å². The van der Waals surface area contributed by atoms with Crippen LogP contribution in [0.15, 0.2) is 106 Å². The van der Waals surface area contributed by atoms with Gasteiger partial charge in [-0.25, -0.2) is 0 Å². The minimum atomic E-state index is -4.09. The normalized spacial score (nSPS) is 18.2. The van der Waals surface area contributed by atoms with E-state index in [4.69, 9.17) is 0 Å². The van der Waals surface area contributed by atoms with Crippen molar-refractivity contribution >= 4 is 86.9 Å². The molecule has 0 radical (unpaired) electrons. The summed E-state index contributed by atoms with van der Waals surface area (Å²) < 4.78 is 69.0. The smallest absolute Gasteiger partial charge is 0.265 e. The number of nitrogens with zero attached hydrogens (tertiary/aromatic N) is 2. The molecule has 5 aromatic rings. The third-order valence-corrected chi connectivity index (χ3v) is 13.5. The molecule has 0 saturated heterocycles. The van der Waals surface area contributed by atoms with Gasteiger partial charge in [-0.3, -0.25) is 9.11 Å². The second-order valence-corrected chi connectivity index (χ2v) is 19.5. The van der Waals surface area contributed by atoms with Crippen molar-refractivity contribution in [3.63, 3.8) is 0 Å². The Morgan fingerprint density at radius 1 is 0.824 bits per heavy atom. The highest BCUT2D eigenvalue weighted by Crippen LogP contribution is 2.51. The molecule has 12 heteroatoms.